The van der Waals surface area contributed by atoms with E-state index in [1.807, 2.05) is 39.2 Å². The minimum atomic E-state index is -0.0955. The van der Waals surface area contributed by atoms with Crippen LogP contribution in [-0.2, 0) is 0 Å². The number of aryl methyl sites for hydroxylation is 1. The van der Waals surface area contributed by atoms with Gasteiger partial charge in [-0.15, -0.1) is 0 Å². The molecular formula is C19H23Cl2N5O. The second-order valence-corrected chi connectivity index (χ2v) is 7.60. The van der Waals surface area contributed by atoms with E-state index in [0.717, 1.165) is 16.9 Å². The highest BCUT2D eigenvalue weighted by molar-refractivity contribution is 6.36. The van der Waals surface area contributed by atoms with Gasteiger partial charge < -0.3 is 20.0 Å². The van der Waals surface area contributed by atoms with E-state index in [1.54, 1.807) is 17.2 Å². The summed E-state index contributed by atoms with van der Waals surface area (Å²) in [6, 6.07) is 7.51. The average molecular weight is 408 g/mol. The number of amides is 2. The van der Waals surface area contributed by atoms with Gasteiger partial charge in [0.2, 0.25) is 0 Å². The topological polar surface area (TPSA) is 51.7 Å². The van der Waals surface area contributed by atoms with Crippen molar-refractivity contribution in [2.24, 2.45) is 0 Å². The number of nitrogens with one attached hydrogen (secondary N) is 1. The summed E-state index contributed by atoms with van der Waals surface area (Å²) in [5.74, 6) is 0.705. The average Bonchev–Trinajstić information content (AvgIpc) is 2.61. The molecule has 1 fully saturated rings. The van der Waals surface area contributed by atoms with Crippen LogP contribution in [0, 0.1) is 6.92 Å². The third-order valence-electron chi connectivity index (χ3n) is 4.58. The zero-order valence-electron chi connectivity index (χ0n) is 15.7. The second kappa shape index (κ2) is 8.23. The van der Waals surface area contributed by atoms with Crippen molar-refractivity contribution in [1.29, 1.82) is 0 Å². The third-order valence-corrected chi connectivity index (χ3v) is 5.07. The Hall–Kier alpha value is -2.18. The number of rotatable bonds is 3. The molecule has 27 heavy (non-hydrogen) atoms. The summed E-state index contributed by atoms with van der Waals surface area (Å²) in [4.78, 5) is 22.8. The molecule has 1 aliphatic heterocycles. The van der Waals surface area contributed by atoms with Crippen molar-refractivity contribution in [1.82, 2.24) is 9.88 Å². The van der Waals surface area contributed by atoms with Crippen molar-refractivity contribution < 1.29 is 4.79 Å². The van der Waals surface area contributed by atoms with Gasteiger partial charge in [-0.25, -0.2) is 9.78 Å². The summed E-state index contributed by atoms with van der Waals surface area (Å²) in [7, 11) is 4.00. The van der Waals surface area contributed by atoms with Crippen LogP contribution in [0.3, 0.4) is 0 Å². The molecule has 0 radical (unpaired) electrons. The monoisotopic (exact) mass is 407 g/mol. The van der Waals surface area contributed by atoms with Gasteiger partial charge in [0, 0.05) is 57.8 Å². The summed E-state index contributed by atoms with van der Waals surface area (Å²) in [6.45, 7) is 4.57. The minimum Gasteiger partial charge on any atom is -0.377 e. The van der Waals surface area contributed by atoms with Gasteiger partial charge in [0.05, 0.1) is 10.0 Å². The Morgan fingerprint density at radius 2 is 1.85 bits per heavy atom. The molecule has 1 N–H and O–H groups in total. The molecule has 0 bridgehead atoms. The standard InChI is InChI=1S/C19H23Cl2N5O/c1-13-10-15(4-5-17(13)24(2)3)23-19(27)26-8-6-25(7-9-26)18-16(21)11-14(20)12-22-18/h4-5,10-12H,6-9H2,1-3H3,(H,23,27). The maximum absolute atomic E-state index is 12.6. The number of piperazine rings is 1. The lowest BCUT2D eigenvalue weighted by Crippen LogP contribution is -2.50. The Morgan fingerprint density at radius 1 is 1.15 bits per heavy atom. The van der Waals surface area contributed by atoms with Crippen molar-refractivity contribution in [2.75, 3.05) is 55.4 Å². The lowest BCUT2D eigenvalue weighted by Gasteiger charge is -2.35. The van der Waals surface area contributed by atoms with Crippen LogP contribution in [0.25, 0.3) is 0 Å². The van der Waals surface area contributed by atoms with Gasteiger partial charge in [-0.3, -0.25) is 0 Å². The van der Waals surface area contributed by atoms with Gasteiger partial charge in [-0.05, 0) is 36.8 Å². The number of pyridine rings is 1. The van der Waals surface area contributed by atoms with Crippen molar-refractivity contribution >= 4 is 46.4 Å². The third kappa shape index (κ3) is 4.57. The Labute approximate surface area is 169 Å². The molecule has 2 aromatic rings. The van der Waals surface area contributed by atoms with E-state index in [-0.39, 0.29) is 6.03 Å². The van der Waals surface area contributed by atoms with Crippen LogP contribution in [0.5, 0.6) is 0 Å². The Kier molecular flexibility index (Phi) is 5.97. The minimum absolute atomic E-state index is 0.0955. The van der Waals surface area contributed by atoms with E-state index in [4.69, 9.17) is 23.2 Å². The fourth-order valence-electron chi connectivity index (χ4n) is 3.20. The van der Waals surface area contributed by atoms with E-state index in [9.17, 15) is 4.79 Å². The summed E-state index contributed by atoms with van der Waals surface area (Å²) in [5.41, 5.74) is 3.05. The number of nitrogens with zero attached hydrogens (tertiary/aromatic N) is 4. The van der Waals surface area contributed by atoms with E-state index < -0.39 is 0 Å². The number of carbonyl (C=O) groups excluding carboxylic acids is 1. The second-order valence-electron chi connectivity index (χ2n) is 6.76. The highest BCUT2D eigenvalue weighted by Gasteiger charge is 2.23. The van der Waals surface area contributed by atoms with Crippen LogP contribution in [0.2, 0.25) is 10.0 Å². The first-order valence-corrected chi connectivity index (χ1v) is 9.50. The molecule has 0 saturated carbocycles. The maximum atomic E-state index is 12.6. The van der Waals surface area contributed by atoms with Crippen LogP contribution < -0.4 is 15.1 Å². The van der Waals surface area contributed by atoms with E-state index in [2.05, 4.69) is 20.1 Å². The number of anilines is 3. The molecule has 2 amide bonds. The normalized spacial score (nSPS) is 14.3. The first kappa shape index (κ1) is 19.6. The Bertz CT molecular complexity index is 835. The number of urea groups is 1. The molecular weight excluding hydrogens is 385 g/mol. The van der Waals surface area contributed by atoms with Gasteiger partial charge >= 0.3 is 6.03 Å². The van der Waals surface area contributed by atoms with Crippen molar-refractivity contribution in [2.45, 2.75) is 6.92 Å². The molecule has 1 aliphatic rings. The van der Waals surface area contributed by atoms with Crippen LogP contribution in [0.4, 0.5) is 22.0 Å². The van der Waals surface area contributed by atoms with Crippen molar-refractivity contribution in [3.05, 3.63) is 46.1 Å². The smallest absolute Gasteiger partial charge is 0.321 e. The number of benzene rings is 1. The van der Waals surface area contributed by atoms with E-state index in [0.29, 0.717) is 42.0 Å². The number of aromatic nitrogens is 1. The quantitative estimate of drug-likeness (QED) is 0.831. The predicted octanol–water partition coefficient (Wildman–Crippen LogP) is 4.12. The molecule has 1 saturated heterocycles. The lowest BCUT2D eigenvalue weighted by molar-refractivity contribution is 0.208. The molecule has 3 rings (SSSR count). The van der Waals surface area contributed by atoms with Crippen molar-refractivity contribution in [3.8, 4) is 0 Å². The van der Waals surface area contributed by atoms with Gasteiger partial charge in [0.25, 0.3) is 0 Å². The molecule has 0 spiro atoms. The van der Waals surface area contributed by atoms with E-state index >= 15 is 0 Å². The van der Waals surface area contributed by atoms with Crippen molar-refractivity contribution in [3.63, 3.8) is 0 Å². The van der Waals surface area contributed by atoms with E-state index in [1.165, 1.54) is 0 Å². The molecule has 0 unspecified atom stereocenters. The SMILES string of the molecule is Cc1cc(NC(=O)N2CCN(c3ncc(Cl)cc3Cl)CC2)ccc1N(C)C. The first-order chi connectivity index (χ1) is 12.8. The number of halogens is 2. The summed E-state index contributed by atoms with van der Waals surface area (Å²) in [5, 5.41) is 4.02. The first-order valence-electron chi connectivity index (χ1n) is 8.75. The summed E-state index contributed by atoms with van der Waals surface area (Å²) >= 11 is 12.1. The number of hydrogen-bond donors (Lipinski definition) is 1. The van der Waals surface area contributed by atoms with Gasteiger partial charge in [0.1, 0.15) is 5.82 Å². The van der Waals surface area contributed by atoms with Crippen LogP contribution in [0.15, 0.2) is 30.5 Å². The molecule has 0 aliphatic carbocycles. The summed E-state index contributed by atoms with van der Waals surface area (Å²) < 4.78 is 0. The predicted molar refractivity (Wildman–Crippen MR) is 113 cm³/mol. The lowest BCUT2D eigenvalue weighted by atomic mass is 10.1. The summed E-state index contributed by atoms with van der Waals surface area (Å²) in [6.07, 6.45) is 1.58. The molecule has 0 atom stereocenters. The van der Waals surface area contributed by atoms with Crippen LogP contribution >= 0.6 is 23.2 Å². The molecule has 1 aromatic carbocycles. The Morgan fingerprint density at radius 3 is 2.44 bits per heavy atom. The highest BCUT2D eigenvalue weighted by Crippen LogP contribution is 2.27. The molecule has 2 heterocycles. The zero-order valence-corrected chi connectivity index (χ0v) is 17.2. The van der Waals surface area contributed by atoms with Crippen LogP contribution in [0.1, 0.15) is 5.56 Å². The van der Waals surface area contributed by atoms with Crippen LogP contribution in [-0.4, -0.2) is 56.2 Å². The van der Waals surface area contributed by atoms with Gasteiger partial charge in [-0.2, -0.15) is 0 Å². The Balaban J connectivity index is 1.59. The zero-order chi connectivity index (χ0) is 19.6. The number of hydrogen-bond acceptors (Lipinski definition) is 4. The number of carbonyl (C=O) groups is 1. The largest absolute Gasteiger partial charge is 0.377 e. The maximum Gasteiger partial charge on any atom is 0.321 e. The fourth-order valence-corrected chi connectivity index (χ4v) is 3.70. The molecule has 8 heteroatoms. The fraction of sp³-hybridized carbons (Fsp3) is 0.368. The molecule has 144 valence electrons. The van der Waals surface area contributed by atoms with Gasteiger partial charge in [-0.1, -0.05) is 23.2 Å². The molecule has 1 aromatic heterocycles. The highest BCUT2D eigenvalue weighted by atomic mass is 35.5. The van der Waals surface area contributed by atoms with Gasteiger partial charge in [0.15, 0.2) is 0 Å². The molecule has 6 nitrogen and oxygen atoms in total.